The fourth-order valence-electron chi connectivity index (χ4n) is 3.28. The van der Waals surface area contributed by atoms with Gasteiger partial charge < -0.3 is 4.74 Å². The van der Waals surface area contributed by atoms with Gasteiger partial charge in [0, 0.05) is 11.1 Å². The fourth-order valence-corrected chi connectivity index (χ4v) is 3.28. The van der Waals surface area contributed by atoms with Gasteiger partial charge in [0.2, 0.25) is 0 Å². The maximum Gasteiger partial charge on any atom is 0.118 e. The highest BCUT2D eigenvalue weighted by Gasteiger charge is 1.99. The van der Waals surface area contributed by atoms with Gasteiger partial charge in [-0.15, -0.1) is 0 Å². The minimum atomic E-state index is 0.854. The smallest absolute Gasteiger partial charge is 0.118 e. The summed E-state index contributed by atoms with van der Waals surface area (Å²) in [7, 11) is 1.67. The summed E-state index contributed by atoms with van der Waals surface area (Å²) >= 11 is 0. The van der Waals surface area contributed by atoms with E-state index in [-0.39, 0.29) is 0 Å². The summed E-state index contributed by atoms with van der Waals surface area (Å²) in [6.45, 7) is 2.26. The van der Waals surface area contributed by atoms with Gasteiger partial charge in [0.05, 0.1) is 7.11 Å². The van der Waals surface area contributed by atoms with Crippen LogP contribution in [0.25, 0.3) is 10.8 Å². The molecule has 0 bridgehead atoms. The highest BCUT2D eigenvalue weighted by molar-refractivity contribution is 5.84. The van der Waals surface area contributed by atoms with Crippen molar-refractivity contribution in [2.45, 2.75) is 45.4 Å². The van der Waals surface area contributed by atoms with Crippen LogP contribution in [0.1, 0.15) is 55.7 Å². The fraction of sp³-hybridized carbons (Fsp3) is 0.308. The molecule has 0 atom stereocenters. The van der Waals surface area contributed by atoms with Gasteiger partial charge in [-0.25, -0.2) is 0 Å². The van der Waals surface area contributed by atoms with E-state index in [2.05, 4.69) is 55.2 Å². The maximum absolute atomic E-state index is 5.18. The van der Waals surface area contributed by atoms with E-state index in [0.717, 1.165) is 16.9 Å². The number of hydrogen-bond donors (Lipinski definition) is 0. The van der Waals surface area contributed by atoms with Crippen molar-refractivity contribution in [3.8, 4) is 17.6 Å². The second-order valence-electron chi connectivity index (χ2n) is 7.04. The Morgan fingerprint density at radius 3 is 2.15 bits per heavy atom. The number of ether oxygens (including phenoxy) is 1. The lowest BCUT2D eigenvalue weighted by Crippen LogP contribution is -1.87. The number of aryl methyl sites for hydroxylation is 1. The van der Waals surface area contributed by atoms with Gasteiger partial charge in [-0.05, 0) is 65.6 Å². The molecular weight excluding hydrogens is 328 g/mol. The minimum Gasteiger partial charge on any atom is -0.497 e. The van der Waals surface area contributed by atoms with Crippen LogP contribution in [-0.2, 0) is 6.42 Å². The predicted molar refractivity (Wildman–Crippen MR) is 115 cm³/mol. The van der Waals surface area contributed by atoms with Gasteiger partial charge in [0.15, 0.2) is 0 Å². The van der Waals surface area contributed by atoms with Crippen LogP contribution in [0.3, 0.4) is 0 Å². The first-order chi connectivity index (χ1) is 13.3. The van der Waals surface area contributed by atoms with Crippen molar-refractivity contribution in [1.82, 2.24) is 0 Å². The van der Waals surface area contributed by atoms with Gasteiger partial charge in [0.1, 0.15) is 5.75 Å². The van der Waals surface area contributed by atoms with Crippen molar-refractivity contribution in [2.75, 3.05) is 7.11 Å². The van der Waals surface area contributed by atoms with Gasteiger partial charge in [0.25, 0.3) is 0 Å². The minimum absolute atomic E-state index is 0.854. The molecule has 138 valence electrons. The Kier molecular flexibility index (Phi) is 6.94. The molecule has 0 heterocycles. The summed E-state index contributed by atoms with van der Waals surface area (Å²) < 4.78 is 5.18. The lowest BCUT2D eigenvalue weighted by atomic mass is 10.0. The normalized spacial score (nSPS) is 10.4. The van der Waals surface area contributed by atoms with Crippen LogP contribution in [-0.4, -0.2) is 7.11 Å². The van der Waals surface area contributed by atoms with Gasteiger partial charge in [-0.1, -0.05) is 68.7 Å². The summed E-state index contributed by atoms with van der Waals surface area (Å²) in [5, 5.41) is 2.56. The molecule has 1 heteroatoms. The molecule has 1 nitrogen and oxygen atoms in total. The van der Waals surface area contributed by atoms with E-state index < -0.39 is 0 Å². The maximum atomic E-state index is 5.18. The van der Waals surface area contributed by atoms with Gasteiger partial charge in [-0.2, -0.15) is 0 Å². The Morgan fingerprint density at radius 1 is 0.704 bits per heavy atom. The molecule has 0 fully saturated rings. The van der Waals surface area contributed by atoms with E-state index in [9.17, 15) is 0 Å². The molecule has 0 N–H and O–H groups in total. The Labute approximate surface area is 163 Å². The standard InChI is InChI=1S/C26H28O/c1-3-4-5-6-7-8-22-11-15-25-20-23(12-16-24(25)19-22)10-9-21-13-17-26(27-2)18-14-21/h11-20H,3-8H2,1-2H3. The van der Waals surface area contributed by atoms with Crippen LogP contribution in [0, 0.1) is 11.8 Å². The van der Waals surface area contributed by atoms with Crippen LogP contribution in [0.2, 0.25) is 0 Å². The molecule has 0 aliphatic rings. The molecular formula is C26H28O. The van der Waals surface area contributed by atoms with Gasteiger partial charge >= 0.3 is 0 Å². The first-order valence-corrected chi connectivity index (χ1v) is 9.97. The van der Waals surface area contributed by atoms with Crippen LogP contribution < -0.4 is 4.74 Å². The zero-order chi connectivity index (χ0) is 18.9. The molecule has 3 aromatic carbocycles. The molecule has 0 saturated carbocycles. The Balaban J connectivity index is 1.67. The van der Waals surface area contributed by atoms with Crippen LogP contribution in [0.15, 0.2) is 60.7 Å². The summed E-state index contributed by atoms with van der Waals surface area (Å²) in [4.78, 5) is 0. The number of rotatable bonds is 7. The van der Waals surface area contributed by atoms with E-state index in [4.69, 9.17) is 4.74 Å². The monoisotopic (exact) mass is 356 g/mol. The molecule has 3 aromatic rings. The Hall–Kier alpha value is -2.72. The van der Waals surface area contributed by atoms with Crippen molar-refractivity contribution < 1.29 is 4.74 Å². The SMILES string of the molecule is CCCCCCCc1ccc2cc(C#Cc3ccc(OC)cc3)ccc2c1. The second-order valence-corrected chi connectivity index (χ2v) is 7.04. The molecule has 0 spiro atoms. The lowest BCUT2D eigenvalue weighted by Gasteiger charge is -2.05. The summed E-state index contributed by atoms with van der Waals surface area (Å²) in [5.41, 5.74) is 3.48. The topological polar surface area (TPSA) is 9.23 Å². The first-order valence-electron chi connectivity index (χ1n) is 9.97. The molecule has 3 rings (SSSR count). The molecule has 0 aliphatic carbocycles. The molecule has 0 amide bonds. The average Bonchev–Trinajstić information content (AvgIpc) is 2.72. The van der Waals surface area contributed by atoms with E-state index in [0.29, 0.717) is 0 Å². The van der Waals surface area contributed by atoms with Crippen molar-refractivity contribution in [3.05, 3.63) is 77.4 Å². The molecule has 27 heavy (non-hydrogen) atoms. The first kappa shape index (κ1) is 19.1. The quantitative estimate of drug-likeness (QED) is 0.335. The van der Waals surface area contributed by atoms with Crippen molar-refractivity contribution >= 4 is 10.8 Å². The average molecular weight is 357 g/mol. The van der Waals surface area contributed by atoms with E-state index in [1.807, 2.05) is 24.3 Å². The third kappa shape index (κ3) is 5.63. The number of methoxy groups -OCH3 is 1. The second kappa shape index (κ2) is 9.83. The van der Waals surface area contributed by atoms with Gasteiger partial charge in [-0.3, -0.25) is 0 Å². The number of unbranched alkanes of at least 4 members (excludes halogenated alkanes) is 4. The molecule has 0 unspecified atom stereocenters. The van der Waals surface area contributed by atoms with Crippen molar-refractivity contribution in [1.29, 1.82) is 0 Å². The molecule has 0 radical (unpaired) electrons. The third-order valence-electron chi connectivity index (χ3n) is 4.91. The molecule has 0 aliphatic heterocycles. The van der Waals surface area contributed by atoms with E-state index >= 15 is 0 Å². The molecule has 0 aromatic heterocycles. The summed E-state index contributed by atoms with van der Waals surface area (Å²) in [6, 6.07) is 21.2. The Bertz CT molecular complexity index is 926. The number of benzene rings is 3. The van der Waals surface area contributed by atoms with Crippen molar-refractivity contribution in [2.24, 2.45) is 0 Å². The number of fused-ring (bicyclic) bond motifs is 1. The van der Waals surface area contributed by atoms with Crippen LogP contribution in [0.5, 0.6) is 5.75 Å². The third-order valence-corrected chi connectivity index (χ3v) is 4.91. The summed E-state index contributed by atoms with van der Waals surface area (Å²) in [5.74, 6) is 7.35. The highest BCUT2D eigenvalue weighted by Crippen LogP contribution is 2.19. The summed E-state index contributed by atoms with van der Waals surface area (Å²) in [6.07, 6.45) is 7.83. The van der Waals surface area contributed by atoms with Crippen molar-refractivity contribution in [3.63, 3.8) is 0 Å². The number of hydrogen-bond acceptors (Lipinski definition) is 1. The highest BCUT2D eigenvalue weighted by atomic mass is 16.5. The zero-order valence-corrected chi connectivity index (χ0v) is 16.4. The van der Waals surface area contributed by atoms with Crippen LogP contribution >= 0.6 is 0 Å². The lowest BCUT2D eigenvalue weighted by molar-refractivity contribution is 0.415. The molecule has 0 saturated heterocycles. The van der Waals surface area contributed by atoms with E-state index in [1.165, 1.54) is 54.9 Å². The zero-order valence-electron chi connectivity index (χ0n) is 16.4. The van der Waals surface area contributed by atoms with E-state index in [1.54, 1.807) is 7.11 Å². The largest absolute Gasteiger partial charge is 0.497 e. The predicted octanol–water partition coefficient (Wildman–Crippen LogP) is 6.76. The Morgan fingerprint density at radius 2 is 1.37 bits per heavy atom. The van der Waals surface area contributed by atoms with Crippen LogP contribution in [0.4, 0.5) is 0 Å².